The lowest BCUT2D eigenvalue weighted by molar-refractivity contribution is 0.0599. The second kappa shape index (κ2) is 6.45. The van der Waals surface area contributed by atoms with E-state index in [9.17, 15) is 4.79 Å². The van der Waals surface area contributed by atoms with Gasteiger partial charge in [0.1, 0.15) is 5.01 Å². The van der Waals surface area contributed by atoms with E-state index in [-0.39, 0.29) is 5.97 Å². The smallest absolute Gasteiger partial charge is 0.338 e. The maximum Gasteiger partial charge on any atom is 0.338 e. The molecule has 0 amide bonds. The predicted octanol–water partition coefficient (Wildman–Crippen LogP) is 2.53. The molecule has 0 radical (unpaired) electrons. The molecule has 2 aromatic rings. The number of hydrogen-bond donors (Lipinski definition) is 1. The molecule has 0 bridgehead atoms. The van der Waals surface area contributed by atoms with E-state index in [0.29, 0.717) is 18.7 Å². The Kier molecular flexibility index (Phi) is 4.65. The molecule has 19 heavy (non-hydrogen) atoms. The van der Waals surface area contributed by atoms with Crippen molar-refractivity contribution in [3.05, 3.63) is 51.5 Å². The van der Waals surface area contributed by atoms with Crippen molar-refractivity contribution in [2.24, 2.45) is 0 Å². The van der Waals surface area contributed by atoms with E-state index >= 15 is 0 Å². The molecule has 0 saturated carbocycles. The van der Waals surface area contributed by atoms with Crippen molar-refractivity contribution < 1.29 is 9.53 Å². The van der Waals surface area contributed by atoms with Crippen molar-refractivity contribution in [2.45, 2.75) is 20.0 Å². The van der Waals surface area contributed by atoms with Gasteiger partial charge in [-0.3, -0.25) is 0 Å². The van der Waals surface area contributed by atoms with Crippen LogP contribution in [0.2, 0.25) is 0 Å². The van der Waals surface area contributed by atoms with Crippen molar-refractivity contribution in [1.29, 1.82) is 0 Å². The predicted molar refractivity (Wildman–Crippen MR) is 75.2 cm³/mol. The summed E-state index contributed by atoms with van der Waals surface area (Å²) in [4.78, 5) is 16.0. The lowest BCUT2D eigenvalue weighted by Crippen LogP contribution is -2.16. The van der Waals surface area contributed by atoms with Gasteiger partial charge in [-0.15, -0.1) is 11.3 Å². The topological polar surface area (TPSA) is 51.2 Å². The van der Waals surface area contributed by atoms with Crippen LogP contribution in [-0.2, 0) is 17.8 Å². The number of nitrogens with one attached hydrogen (secondary N) is 1. The third kappa shape index (κ3) is 3.62. The summed E-state index contributed by atoms with van der Waals surface area (Å²) in [5, 5.41) is 6.37. The van der Waals surface area contributed by atoms with Crippen molar-refractivity contribution in [3.63, 3.8) is 0 Å². The first-order chi connectivity index (χ1) is 9.20. The van der Waals surface area contributed by atoms with Crippen molar-refractivity contribution in [2.75, 3.05) is 7.11 Å². The van der Waals surface area contributed by atoms with Gasteiger partial charge in [0, 0.05) is 24.2 Å². The van der Waals surface area contributed by atoms with Crippen LogP contribution < -0.4 is 5.32 Å². The number of thiazole rings is 1. The molecule has 1 aromatic carbocycles. The molecule has 0 aliphatic heterocycles. The number of methoxy groups -OCH3 is 1. The Morgan fingerprint density at radius 2 is 2.16 bits per heavy atom. The van der Waals surface area contributed by atoms with Crippen LogP contribution in [0.25, 0.3) is 0 Å². The van der Waals surface area contributed by atoms with Gasteiger partial charge >= 0.3 is 5.97 Å². The molecule has 0 spiro atoms. The van der Waals surface area contributed by atoms with Gasteiger partial charge < -0.3 is 10.1 Å². The van der Waals surface area contributed by atoms with Gasteiger partial charge in [-0.2, -0.15) is 0 Å². The third-order valence-electron chi connectivity index (χ3n) is 2.68. The van der Waals surface area contributed by atoms with Crippen molar-refractivity contribution >= 4 is 17.3 Å². The minimum Gasteiger partial charge on any atom is -0.465 e. The molecule has 2 rings (SSSR count). The Labute approximate surface area is 116 Å². The molecule has 0 unspecified atom stereocenters. The number of carbonyl (C=O) groups excluding carboxylic acids is 1. The SMILES string of the molecule is COC(=O)c1ccccc1CNCc1nc(C)cs1. The maximum absolute atomic E-state index is 11.6. The Morgan fingerprint density at radius 3 is 2.84 bits per heavy atom. The number of benzene rings is 1. The fraction of sp³-hybridized carbons (Fsp3) is 0.286. The zero-order valence-electron chi connectivity index (χ0n) is 11.0. The molecular weight excluding hydrogens is 260 g/mol. The lowest BCUT2D eigenvalue weighted by atomic mass is 10.1. The van der Waals surface area contributed by atoms with E-state index in [1.165, 1.54) is 7.11 Å². The Bertz CT molecular complexity index is 566. The molecule has 0 atom stereocenters. The summed E-state index contributed by atoms with van der Waals surface area (Å²) in [6.07, 6.45) is 0. The molecular formula is C14H16N2O2S. The summed E-state index contributed by atoms with van der Waals surface area (Å²) in [6, 6.07) is 7.44. The van der Waals surface area contributed by atoms with Gasteiger partial charge in [-0.1, -0.05) is 18.2 Å². The average Bonchev–Trinajstić information content (AvgIpc) is 2.84. The fourth-order valence-corrected chi connectivity index (χ4v) is 2.51. The average molecular weight is 276 g/mol. The molecule has 5 heteroatoms. The fourth-order valence-electron chi connectivity index (χ4n) is 1.77. The monoisotopic (exact) mass is 276 g/mol. The number of ether oxygens (including phenoxy) is 1. The van der Waals surface area contributed by atoms with E-state index in [2.05, 4.69) is 10.3 Å². The van der Waals surface area contributed by atoms with Gasteiger partial charge in [-0.25, -0.2) is 9.78 Å². The summed E-state index contributed by atoms with van der Waals surface area (Å²) in [5.74, 6) is -0.303. The second-order valence-electron chi connectivity index (χ2n) is 4.13. The second-order valence-corrected chi connectivity index (χ2v) is 5.08. The van der Waals surface area contributed by atoms with Crippen LogP contribution in [-0.4, -0.2) is 18.1 Å². The zero-order chi connectivity index (χ0) is 13.7. The zero-order valence-corrected chi connectivity index (χ0v) is 11.8. The standard InChI is InChI=1S/C14H16N2O2S/c1-10-9-19-13(16-10)8-15-7-11-5-3-4-6-12(11)14(17)18-2/h3-6,9,15H,7-8H2,1-2H3. The summed E-state index contributed by atoms with van der Waals surface area (Å²) < 4.78 is 4.77. The van der Waals surface area contributed by atoms with E-state index in [4.69, 9.17) is 4.74 Å². The Morgan fingerprint density at radius 1 is 1.37 bits per heavy atom. The molecule has 0 saturated heterocycles. The molecule has 1 aromatic heterocycles. The van der Waals surface area contributed by atoms with Crippen LogP contribution in [0.3, 0.4) is 0 Å². The number of rotatable bonds is 5. The Hall–Kier alpha value is -1.72. The number of nitrogens with zero attached hydrogens (tertiary/aromatic N) is 1. The highest BCUT2D eigenvalue weighted by Gasteiger charge is 2.10. The summed E-state index contributed by atoms with van der Waals surface area (Å²) >= 11 is 1.63. The first-order valence-corrected chi connectivity index (χ1v) is 6.86. The normalized spacial score (nSPS) is 10.4. The highest BCUT2D eigenvalue weighted by molar-refractivity contribution is 7.09. The van der Waals surface area contributed by atoms with E-state index in [1.807, 2.05) is 30.5 Å². The highest BCUT2D eigenvalue weighted by Crippen LogP contribution is 2.11. The first-order valence-electron chi connectivity index (χ1n) is 5.98. The molecule has 100 valence electrons. The number of esters is 1. The van der Waals surface area contributed by atoms with E-state index in [0.717, 1.165) is 16.3 Å². The van der Waals surface area contributed by atoms with Crippen molar-refractivity contribution in [1.82, 2.24) is 10.3 Å². The van der Waals surface area contributed by atoms with Crippen LogP contribution in [0.5, 0.6) is 0 Å². The maximum atomic E-state index is 11.6. The van der Waals surface area contributed by atoms with Crippen LogP contribution in [0, 0.1) is 6.92 Å². The summed E-state index contributed by atoms with van der Waals surface area (Å²) in [7, 11) is 1.39. The number of hydrogen-bond acceptors (Lipinski definition) is 5. The van der Waals surface area contributed by atoms with Gasteiger partial charge in [0.2, 0.25) is 0 Å². The minimum atomic E-state index is -0.303. The molecule has 0 aliphatic rings. The largest absolute Gasteiger partial charge is 0.465 e. The van der Waals surface area contributed by atoms with Crippen molar-refractivity contribution in [3.8, 4) is 0 Å². The quantitative estimate of drug-likeness (QED) is 0.853. The van der Waals surface area contributed by atoms with Crippen LogP contribution in [0.4, 0.5) is 0 Å². The molecule has 4 nitrogen and oxygen atoms in total. The van der Waals surface area contributed by atoms with E-state index in [1.54, 1.807) is 17.4 Å². The van der Waals surface area contributed by atoms with Gasteiger partial charge in [0.05, 0.1) is 12.7 Å². The van der Waals surface area contributed by atoms with Gasteiger partial charge in [0.15, 0.2) is 0 Å². The molecule has 1 N–H and O–H groups in total. The van der Waals surface area contributed by atoms with Gasteiger partial charge in [-0.05, 0) is 18.6 Å². The van der Waals surface area contributed by atoms with Gasteiger partial charge in [0.25, 0.3) is 0 Å². The summed E-state index contributed by atoms with van der Waals surface area (Å²) in [5.41, 5.74) is 2.58. The van der Waals surface area contributed by atoms with E-state index < -0.39 is 0 Å². The number of carbonyl (C=O) groups is 1. The highest BCUT2D eigenvalue weighted by atomic mass is 32.1. The molecule has 1 heterocycles. The number of aromatic nitrogens is 1. The Balaban J connectivity index is 1.97. The van der Waals surface area contributed by atoms with Crippen LogP contribution in [0.1, 0.15) is 26.6 Å². The third-order valence-corrected chi connectivity index (χ3v) is 3.65. The van der Waals surface area contributed by atoms with Crippen LogP contribution in [0.15, 0.2) is 29.6 Å². The molecule has 0 aliphatic carbocycles. The van der Waals surface area contributed by atoms with Crippen LogP contribution >= 0.6 is 11.3 Å². The first kappa shape index (κ1) is 13.7. The summed E-state index contributed by atoms with van der Waals surface area (Å²) in [6.45, 7) is 3.30. The lowest BCUT2D eigenvalue weighted by Gasteiger charge is -2.08. The number of aryl methyl sites for hydroxylation is 1. The minimum absolute atomic E-state index is 0.303. The molecule has 0 fully saturated rings.